The van der Waals surface area contributed by atoms with E-state index in [1.54, 1.807) is 41.8 Å². The van der Waals surface area contributed by atoms with Gasteiger partial charge in [0.15, 0.2) is 0 Å². The Morgan fingerprint density at radius 2 is 1.88 bits per heavy atom. The third-order valence-electron chi connectivity index (χ3n) is 10.7. The van der Waals surface area contributed by atoms with Crippen LogP contribution < -0.4 is 38.0 Å². The third kappa shape index (κ3) is 9.22. The van der Waals surface area contributed by atoms with Crippen molar-refractivity contribution in [3.63, 3.8) is 0 Å². The first-order valence-electron chi connectivity index (χ1n) is 19.2. The van der Waals surface area contributed by atoms with E-state index >= 15 is 4.39 Å². The molecule has 0 spiro atoms. The molecule has 1 aliphatic heterocycles. The van der Waals surface area contributed by atoms with Crippen LogP contribution in [0.1, 0.15) is 70.7 Å². The maximum Gasteiger partial charge on any atom is 0.257 e. The monoisotopic (exact) mass is 810 g/mol. The lowest BCUT2D eigenvalue weighted by atomic mass is 9.81. The number of aldehydes is 1. The van der Waals surface area contributed by atoms with Crippen LogP contribution in [0.4, 0.5) is 4.39 Å². The molecule has 1 aliphatic carbocycles. The second kappa shape index (κ2) is 19.0. The second-order valence-corrected chi connectivity index (χ2v) is 14.5. The summed E-state index contributed by atoms with van der Waals surface area (Å²) in [6.45, 7) is 6.85. The molecule has 2 aromatic heterocycles. The van der Waals surface area contributed by atoms with Crippen molar-refractivity contribution in [1.29, 1.82) is 0 Å². The molecule has 7 N–H and O–H groups in total. The lowest BCUT2D eigenvalue weighted by molar-refractivity contribution is -0.130. The van der Waals surface area contributed by atoms with Gasteiger partial charge in [0.2, 0.25) is 24.1 Å². The molecule has 16 nitrogen and oxygen atoms in total. The van der Waals surface area contributed by atoms with Gasteiger partial charge in [0.25, 0.3) is 5.56 Å². The Labute approximate surface area is 339 Å². The summed E-state index contributed by atoms with van der Waals surface area (Å²) in [4.78, 5) is 84.3. The number of nitrogens with two attached hydrogens (primary N) is 1. The van der Waals surface area contributed by atoms with Crippen molar-refractivity contribution < 1.29 is 37.9 Å². The largest absolute Gasteiger partial charge is 0.380 e. The number of hydrogen-bond acceptors (Lipinski definition) is 11. The summed E-state index contributed by atoms with van der Waals surface area (Å²) in [5, 5.41) is 14.2. The molecule has 17 heteroatoms. The zero-order chi connectivity index (χ0) is 42.2. The molecular weight excluding hydrogens is 764 g/mol. The molecule has 0 fully saturated rings. The summed E-state index contributed by atoms with van der Waals surface area (Å²) >= 11 is 0. The summed E-state index contributed by atoms with van der Waals surface area (Å²) in [5.74, 6) is 2.78. The standard InChI is InChI=1S/C42H47FN8O8/c1-4-26(18-52)28-13-35-40-29(17-51(35)42(57)30(28)20-59-44)39-32(11-10-27-24(3)31(43)14-33(50-40)38(27)39)48-23(2)19-58-22-47-36(54)16-46-41(56)34(49-37(55)15-45-21-53)12-25-8-6-5-7-9-25/h5-9,13-14,18,21,26,32,34,48H,2,4,10-12,15-17,19-20,22,44H2,1,3H3,(H,45,53)(H,46,56)(H,47,54)(H,49,55). The number of hydrogen-bond donors (Lipinski definition) is 6. The van der Waals surface area contributed by atoms with Crippen molar-refractivity contribution in [2.45, 2.75) is 70.7 Å². The van der Waals surface area contributed by atoms with Crippen LogP contribution in [0, 0.1) is 12.7 Å². The van der Waals surface area contributed by atoms with Crippen LogP contribution in [0.5, 0.6) is 0 Å². The van der Waals surface area contributed by atoms with Crippen LogP contribution in [0.25, 0.3) is 22.3 Å². The number of fused-ring (bicyclic) bond motifs is 4. The molecular formula is C42H47FN8O8. The van der Waals surface area contributed by atoms with E-state index in [0.717, 1.165) is 33.9 Å². The molecule has 4 aromatic rings. The predicted octanol–water partition coefficient (Wildman–Crippen LogP) is 1.73. The fourth-order valence-electron chi connectivity index (χ4n) is 7.84. The van der Waals surface area contributed by atoms with E-state index in [1.165, 1.54) is 6.07 Å². The average molecular weight is 811 g/mol. The van der Waals surface area contributed by atoms with E-state index in [0.29, 0.717) is 65.0 Å². The lowest BCUT2D eigenvalue weighted by Gasteiger charge is -2.31. The van der Waals surface area contributed by atoms with E-state index in [-0.39, 0.29) is 63.4 Å². The minimum atomic E-state index is -0.999. The topological polar surface area (TPSA) is 225 Å². The molecule has 2 aliphatic rings. The number of ether oxygens (including phenoxy) is 1. The number of amides is 4. The van der Waals surface area contributed by atoms with Crippen LogP contribution in [-0.2, 0) is 59.5 Å². The molecule has 4 amide bonds. The number of benzene rings is 2. The van der Waals surface area contributed by atoms with Crippen molar-refractivity contribution in [2.75, 3.05) is 26.4 Å². The lowest BCUT2D eigenvalue weighted by Crippen LogP contribution is -2.51. The highest BCUT2D eigenvalue weighted by Gasteiger charge is 2.35. The van der Waals surface area contributed by atoms with Gasteiger partial charge in [-0.25, -0.2) is 15.3 Å². The van der Waals surface area contributed by atoms with Gasteiger partial charge in [-0.3, -0.25) is 28.8 Å². The Kier molecular flexibility index (Phi) is 13.6. The second-order valence-electron chi connectivity index (χ2n) is 14.5. The predicted molar refractivity (Wildman–Crippen MR) is 215 cm³/mol. The summed E-state index contributed by atoms with van der Waals surface area (Å²) < 4.78 is 22.6. The number of aryl methyl sites for hydroxylation is 1. The van der Waals surface area contributed by atoms with Gasteiger partial charge in [0, 0.05) is 40.6 Å². The van der Waals surface area contributed by atoms with E-state index in [9.17, 15) is 28.8 Å². The SMILES string of the molecule is C=C(COCNC(=O)CNC(=O)C(Cc1ccccc1)NC(=O)CNC=O)NC1CCc2c(C)c(F)cc3nc4c(c1c23)Cn1c-4cc(C(C=O)CC)c(CON)c1=O. The molecule has 3 atom stereocenters. The fraction of sp³-hybridized carbons (Fsp3) is 0.357. The molecule has 0 saturated heterocycles. The number of nitrogens with one attached hydrogen (secondary N) is 5. The first-order chi connectivity index (χ1) is 28.5. The maximum atomic E-state index is 15.3. The van der Waals surface area contributed by atoms with E-state index in [2.05, 4.69) is 33.2 Å². The smallest absolute Gasteiger partial charge is 0.257 e. The normalized spacial score (nSPS) is 14.7. The zero-order valence-corrected chi connectivity index (χ0v) is 32.8. The van der Waals surface area contributed by atoms with Gasteiger partial charge in [0.05, 0.1) is 55.8 Å². The van der Waals surface area contributed by atoms with Crippen LogP contribution in [0.15, 0.2) is 59.5 Å². The molecule has 0 bridgehead atoms. The van der Waals surface area contributed by atoms with Crippen molar-refractivity contribution in [2.24, 2.45) is 5.90 Å². The molecule has 0 radical (unpaired) electrons. The highest BCUT2D eigenvalue weighted by Crippen LogP contribution is 2.45. The Hall–Kier alpha value is -6.30. The van der Waals surface area contributed by atoms with Gasteiger partial charge in [-0.05, 0) is 60.1 Å². The van der Waals surface area contributed by atoms with Crippen LogP contribution in [0.3, 0.4) is 0 Å². The third-order valence-corrected chi connectivity index (χ3v) is 10.7. The molecule has 3 heterocycles. The van der Waals surface area contributed by atoms with E-state index < -0.39 is 29.7 Å². The van der Waals surface area contributed by atoms with Crippen molar-refractivity contribution in [3.05, 3.63) is 110 Å². The van der Waals surface area contributed by atoms with Gasteiger partial charge < -0.3 is 40.7 Å². The Morgan fingerprint density at radius 3 is 2.59 bits per heavy atom. The highest BCUT2D eigenvalue weighted by atomic mass is 19.1. The van der Waals surface area contributed by atoms with Crippen molar-refractivity contribution in [3.8, 4) is 11.4 Å². The van der Waals surface area contributed by atoms with Gasteiger partial charge >= 0.3 is 0 Å². The summed E-state index contributed by atoms with van der Waals surface area (Å²) in [6, 6.07) is 10.9. The van der Waals surface area contributed by atoms with Gasteiger partial charge in [-0.15, -0.1) is 0 Å². The number of carbonyl (C=O) groups is 5. The first kappa shape index (κ1) is 42.3. The van der Waals surface area contributed by atoms with Crippen LogP contribution >= 0.6 is 0 Å². The minimum Gasteiger partial charge on any atom is -0.380 e. The summed E-state index contributed by atoms with van der Waals surface area (Å²) in [5.41, 5.74) is 6.26. The molecule has 6 rings (SSSR count). The quantitative estimate of drug-likeness (QED) is 0.0287. The Bertz CT molecular complexity index is 2350. The molecule has 59 heavy (non-hydrogen) atoms. The molecule has 3 unspecified atom stereocenters. The zero-order valence-electron chi connectivity index (χ0n) is 32.8. The van der Waals surface area contributed by atoms with Gasteiger partial charge in [-0.1, -0.05) is 43.8 Å². The Morgan fingerprint density at radius 1 is 1.10 bits per heavy atom. The maximum absolute atomic E-state index is 15.3. The Balaban J connectivity index is 1.12. The van der Waals surface area contributed by atoms with E-state index in [1.807, 2.05) is 13.0 Å². The van der Waals surface area contributed by atoms with Gasteiger partial charge in [0.1, 0.15) is 24.9 Å². The average Bonchev–Trinajstić information content (AvgIpc) is 3.60. The molecule has 310 valence electrons. The number of pyridine rings is 2. The summed E-state index contributed by atoms with van der Waals surface area (Å²) in [7, 11) is 0. The van der Waals surface area contributed by atoms with Crippen molar-refractivity contribution >= 4 is 41.3 Å². The van der Waals surface area contributed by atoms with E-state index in [4.69, 9.17) is 20.5 Å². The summed E-state index contributed by atoms with van der Waals surface area (Å²) in [6.07, 6.45) is 2.92. The molecule has 0 saturated carbocycles. The molecule has 2 aromatic carbocycles. The van der Waals surface area contributed by atoms with Gasteiger partial charge in [-0.2, -0.15) is 0 Å². The van der Waals surface area contributed by atoms with Crippen LogP contribution in [-0.4, -0.2) is 72.4 Å². The van der Waals surface area contributed by atoms with Crippen LogP contribution in [0.2, 0.25) is 0 Å². The van der Waals surface area contributed by atoms with Crippen molar-refractivity contribution in [1.82, 2.24) is 36.1 Å². The minimum absolute atomic E-state index is 0.00442. The fourth-order valence-corrected chi connectivity index (χ4v) is 7.84. The number of carbonyl (C=O) groups excluding carboxylic acids is 5. The number of nitrogens with zero attached hydrogens (tertiary/aromatic N) is 2. The first-order valence-corrected chi connectivity index (χ1v) is 19.2. The number of halogens is 1. The number of rotatable bonds is 20. The number of aromatic nitrogens is 2. The highest BCUT2D eigenvalue weighted by molar-refractivity contribution is 5.93.